The van der Waals surface area contributed by atoms with E-state index < -0.39 is 7.12 Å². The third-order valence-electron chi connectivity index (χ3n) is 1.08. The molecule has 10 heavy (non-hydrogen) atoms. The second-order valence-electron chi connectivity index (χ2n) is 1.81. The van der Waals surface area contributed by atoms with Gasteiger partial charge in [-0.05, 0) is 17.6 Å². The van der Waals surface area contributed by atoms with Crippen LogP contribution in [-0.2, 0) is 4.74 Å². The van der Waals surface area contributed by atoms with Crippen molar-refractivity contribution >= 4 is 7.12 Å². The first-order chi connectivity index (χ1) is 4.80. The Bertz CT molecular complexity index is 193. The molecule has 0 amide bonds. The minimum absolute atomic E-state index is 0.411. The van der Waals surface area contributed by atoms with Crippen molar-refractivity contribution in [2.24, 2.45) is 0 Å². The van der Waals surface area contributed by atoms with E-state index in [2.05, 4.69) is 0 Å². The fraction of sp³-hybridized carbons (Fsp3) is 0. The summed E-state index contributed by atoms with van der Waals surface area (Å²) in [4.78, 5) is 0. The number of hydrogen-bond donors (Lipinski definition) is 2. The van der Waals surface area contributed by atoms with Gasteiger partial charge in [-0.1, -0.05) is 6.08 Å². The molecule has 3 nitrogen and oxygen atoms in total. The molecule has 2 N–H and O–H groups in total. The van der Waals surface area contributed by atoms with E-state index in [1.165, 1.54) is 18.6 Å². The van der Waals surface area contributed by atoms with Gasteiger partial charge in [0.15, 0.2) is 0 Å². The first-order valence-electron chi connectivity index (χ1n) is 2.85. The molecule has 1 heterocycles. The molecular formula is C6H7BO3. The van der Waals surface area contributed by atoms with E-state index in [1.807, 2.05) is 0 Å². The van der Waals surface area contributed by atoms with Gasteiger partial charge in [0.05, 0.1) is 12.5 Å². The Morgan fingerprint density at radius 3 is 2.80 bits per heavy atom. The standard InChI is InChI=1S/C6H7BO3/c8-7(9)6-2-1-4-10-5-3-6/h1-5,8-9H. The van der Waals surface area contributed by atoms with E-state index in [0.717, 1.165) is 0 Å². The van der Waals surface area contributed by atoms with Crippen LogP contribution in [0.5, 0.6) is 0 Å². The molecule has 0 spiro atoms. The second-order valence-corrected chi connectivity index (χ2v) is 1.81. The van der Waals surface area contributed by atoms with E-state index in [4.69, 9.17) is 14.8 Å². The van der Waals surface area contributed by atoms with E-state index in [0.29, 0.717) is 5.47 Å². The van der Waals surface area contributed by atoms with Gasteiger partial charge in [-0.2, -0.15) is 0 Å². The smallest absolute Gasteiger partial charge is 0.473 e. The molecule has 1 aliphatic rings. The van der Waals surface area contributed by atoms with Crippen LogP contribution in [-0.4, -0.2) is 17.2 Å². The normalized spacial score (nSPS) is 15.6. The number of hydrogen-bond acceptors (Lipinski definition) is 3. The zero-order valence-electron chi connectivity index (χ0n) is 5.27. The Kier molecular flexibility index (Phi) is 2.31. The average molecular weight is 138 g/mol. The fourth-order valence-corrected chi connectivity index (χ4v) is 0.587. The molecule has 1 aliphatic heterocycles. The average Bonchev–Trinajstić information content (AvgIpc) is 2.12. The van der Waals surface area contributed by atoms with Crippen LogP contribution in [0.15, 0.2) is 36.2 Å². The summed E-state index contributed by atoms with van der Waals surface area (Å²) in [6.07, 6.45) is 7.48. The predicted molar refractivity (Wildman–Crippen MR) is 37.6 cm³/mol. The van der Waals surface area contributed by atoms with Crippen LogP contribution in [0.1, 0.15) is 0 Å². The number of ether oxygens (including phenoxy) is 1. The van der Waals surface area contributed by atoms with Gasteiger partial charge in [0.25, 0.3) is 0 Å². The molecule has 0 aromatic heterocycles. The molecule has 0 aliphatic carbocycles. The van der Waals surface area contributed by atoms with Gasteiger partial charge in [0.1, 0.15) is 0 Å². The van der Waals surface area contributed by atoms with Crippen LogP contribution >= 0.6 is 0 Å². The fourth-order valence-electron chi connectivity index (χ4n) is 0.587. The SMILES string of the molecule is OB(O)C1=CC=COC=C1. The summed E-state index contributed by atoms with van der Waals surface area (Å²) in [5.41, 5.74) is 0.411. The maximum absolute atomic E-state index is 8.65. The molecule has 0 saturated heterocycles. The molecule has 1 rings (SSSR count). The van der Waals surface area contributed by atoms with Crippen molar-refractivity contribution in [2.45, 2.75) is 0 Å². The summed E-state index contributed by atoms with van der Waals surface area (Å²) in [7, 11) is -1.43. The van der Waals surface area contributed by atoms with E-state index >= 15 is 0 Å². The first kappa shape index (κ1) is 7.12. The van der Waals surface area contributed by atoms with Crippen molar-refractivity contribution in [1.29, 1.82) is 0 Å². The molecule has 0 aromatic rings. The molecule has 0 atom stereocenters. The molecule has 52 valence electrons. The van der Waals surface area contributed by atoms with Gasteiger partial charge in [-0.3, -0.25) is 0 Å². The molecular weight excluding hydrogens is 131 g/mol. The Morgan fingerprint density at radius 1 is 1.30 bits per heavy atom. The van der Waals surface area contributed by atoms with Crippen molar-refractivity contribution in [3.05, 3.63) is 36.2 Å². The molecule has 0 unspecified atom stereocenters. The van der Waals surface area contributed by atoms with Crippen LogP contribution < -0.4 is 0 Å². The summed E-state index contributed by atoms with van der Waals surface area (Å²) in [6.45, 7) is 0. The Balaban J connectivity index is 2.73. The minimum atomic E-state index is -1.43. The highest BCUT2D eigenvalue weighted by Gasteiger charge is 2.10. The lowest BCUT2D eigenvalue weighted by Gasteiger charge is -1.94. The summed E-state index contributed by atoms with van der Waals surface area (Å²) in [5.74, 6) is 0. The highest BCUT2D eigenvalue weighted by Crippen LogP contribution is 2.02. The lowest BCUT2D eigenvalue weighted by atomic mass is 9.79. The summed E-state index contributed by atoms with van der Waals surface area (Å²) in [5, 5.41) is 17.3. The highest BCUT2D eigenvalue weighted by molar-refractivity contribution is 6.51. The van der Waals surface area contributed by atoms with Gasteiger partial charge in [-0.25, -0.2) is 0 Å². The van der Waals surface area contributed by atoms with Crippen LogP contribution in [0.25, 0.3) is 0 Å². The van der Waals surface area contributed by atoms with Crippen LogP contribution in [0, 0.1) is 0 Å². The number of rotatable bonds is 1. The van der Waals surface area contributed by atoms with Crippen LogP contribution in [0.3, 0.4) is 0 Å². The van der Waals surface area contributed by atoms with Gasteiger partial charge in [-0.15, -0.1) is 0 Å². The maximum atomic E-state index is 8.65. The Labute approximate surface area is 59.1 Å². The number of allylic oxidation sites excluding steroid dienone is 4. The second kappa shape index (κ2) is 3.24. The Hall–Kier alpha value is -0.995. The van der Waals surface area contributed by atoms with Crippen molar-refractivity contribution in [2.75, 3.05) is 0 Å². The lowest BCUT2D eigenvalue weighted by molar-refractivity contribution is 0.402. The van der Waals surface area contributed by atoms with E-state index in [9.17, 15) is 0 Å². The molecule has 4 heteroatoms. The molecule has 0 aromatic carbocycles. The zero-order chi connectivity index (χ0) is 7.40. The molecule has 0 radical (unpaired) electrons. The summed E-state index contributed by atoms with van der Waals surface area (Å²) >= 11 is 0. The van der Waals surface area contributed by atoms with E-state index in [1.54, 1.807) is 12.2 Å². The van der Waals surface area contributed by atoms with Crippen molar-refractivity contribution in [1.82, 2.24) is 0 Å². The zero-order valence-corrected chi connectivity index (χ0v) is 5.27. The van der Waals surface area contributed by atoms with Gasteiger partial charge in [0.2, 0.25) is 0 Å². The largest absolute Gasteiger partial charge is 0.488 e. The van der Waals surface area contributed by atoms with Crippen LogP contribution in [0.2, 0.25) is 0 Å². The van der Waals surface area contributed by atoms with Crippen LogP contribution in [0.4, 0.5) is 0 Å². The van der Waals surface area contributed by atoms with Gasteiger partial charge in [0, 0.05) is 0 Å². The van der Waals surface area contributed by atoms with Crippen molar-refractivity contribution < 1.29 is 14.8 Å². The van der Waals surface area contributed by atoms with Gasteiger partial charge < -0.3 is 14.8 Å². The quantitative estimate of drug-likeness (QED) is 0.500. The van der Waals surface area contributed by atoms with E-state index in [-0.39, 0.29) is 0 Å². The molecule has 0 saturated carbocycles. The predicted octanol–water partition coefficient (Wildman–Crippen LogP) is -0.0176. The lowest BCUT2D eigenvalue weighted by Crippen LogP contribution is -2.13. The third-order valence-corrected chi connectivity index (χ3v) is 1.08. The van der Waals surface area contributed by atoms with Crippen molar-refractivity contribution in [3.63, 3.8) is 0 Å². The minimum Gasteiger partial charge on any atom is -0.473 e. The monoisotopic (exact) mass is 138 g/mol. The van der Waals surface area contributed by atoms with Gasteiger partial charge >= 0.3 is 7.12 Å². The topological polar surface area (TPSA) is 49.7 Å². The first-order valence-corrected chi connectivity index (χ1v) is 2.85. The summed E-state index contributed by atoms with van der Waals surface area (Å²) in [6, 6.07) is 0. The highest BCUT2D eigenvalue weighted by atomic mass is 16.5. The molecule has 0 bridgehead atoms. The third kappa shape index (κ3) is 1.75. The Morgan fingerprint density at radius 2 is 2.10 bits per heavy atom. The van der Waals surface area contributed by atoms with Crippen molar-refractivity contribution in [3.8, 4) is 0 Å². The molecule has 0 fully saturated rings. The summed E-state index contributed by atoms with van der Waals surface area (Å²) < 4.78 is 4.74. The maximum Gasteiger partial charge on any atom is 0.488 e.